The largest absolute Gasteiger partial charge is 0.299 e. The molecule has 5 nitrogen and oxygen atoms in total. The predicted molar refractivity (Wildman–Crippen MR) is 259 cm³/mol. The Morgan fingerprint density at radius 3 is 1.21 bits per heavy atom. The Kier molecular flexibility index (Phi) is 8.75. The van der Waals surface area contributed by atoms with Gasteiger partial charge in [-0.3, -0.25) is 4.40 Å². The Morgan fingerprint density at radius 1 is 0.254 bits per heavy atom. The summed E-state index contributed by atoms with van der Waals surface area (Å²) in [6, 6.07) is 76.7. The molecule has 0 saturated heterocycles. The Balaban J connectivity index is 0.984. The van der Waals surface area contributed by atoms with Gasteiger partial charge in [0.25, 0.3) is 0 Å². The van der Waals surface area contributed by atoms with Gasteiger partial charge in [0.15, 0.2) is 17.5 Å². The fourth-order valence-electron chi connectivity index (χ4n) is 8.89. The van der Waals surface area contributed by atoms with Crippen LogP contribution in [-0.4, -0.2) is 24.3 Å². The summed E-state index contributed by atoms with van der Waals surface area (Å²) < 4.78 is 2.21. The molecule has 0 aliphatic heterocycles. The molecule has 0 radical (unpaired) electrons. The van der Waals surface area contributed by atoms with Crippen molar-refractivity contribution in [1.82, 2.24) is 24.3 Å². The molecule has 12 aromatic rings. The van der Waals surface area contributed by atoms with Gasteiger partial charge < -0.3 is 0 Å². The van der Waals surface area contributed by atoms with Crippen LogP contribution in [0.25, 0.3) is 117 Å². The third kappa shape index (κ3) is 6.60. The molecule has 294 valence electrons. The maximum absolute atomic E-state index is 5.15. The van der Waals surface area contributed by atoms with E-state index in [0.717, 1.165) is 72.1 Å². The number of pyridine rings is 1. The van der Waals surface area contributed by atoms with Crippen molar-refractivity contribution in [3.63, 3.8) is 0 Å². The molecule has 3 aromatic heterocycles. The molecule has 12 rings (SSSR count). The van der Waals surface area contributed by atoms with Gasteiger partial charge in [-0.05, 0) is 91.7 Å². The van der Waals surface area contributed by atoms with Crippen molar-refractivity contribution in [2.45, 2.75) is 0 Å². The van der Waals surface area contributed by atoms with Crippen LogP contribution in [0.15, 0.2) is 225 Å². The van der Waals surface area contributed by atoms with Crippen molar-refractivity contribution in [1.29, 1.82) is 0 Å². The summed E-state index contributed by atoms with van der Waals surface area (Å²) in [4.78, 5) is 20.6. The minimum Gasteiger partial charge on any atom is -0.299 e. The lowest BCUT2D eigenvalue weighted by Gasteiger charge is -2.12. The highest BCUT2D eigenvalue weighted by atomic mass is 15.0. The van der Waals surface area contributed by atoms with Crippen LogP contribution in [0, 0.1) is 0 Å². The molecule has 9 aromatic carbocycles. The summed E-state index contributed by atoms with van der Waals surface area (Å²) in [7, 11) is 0. The van der Waals surface area contributed by atoms with E-state index in [1.54, 1.807) is 0 Å². The molecule has 0 N–H and O–H groups in total. The second kappa shape index (κ2) is 15.2. The quantitative estimate of drug-likeness (QED) is 0.151. The number of nitrogens with zero attached hydrogens (tertiary/aromatic N) is 5. The molecular weight excluding hydrogens is 767 g/mol. The summed E-state index contributed by atoms with van der Waals surface area (Å²) in [5.74, 6) is 1.86. The van der Waals surface area contributed by atoms with Crippen molar-refractivity contribution in [2.24, 2.45) is 0 Å². The van der Waals surface area contributed by atoms with Crippen molar-refractivity contribution in [3.8, 4) is 78.7 Å². The number of rotatable bonds is 7. The summed E-state index contributed by atoms with van der Waals surface area (Å²) in [5.41, 5.74) is 14.9. The van der Waals surface area contributed by atoms with Crippen LogP contribution < -0.4 is 0 Å². The maximum Gasteiger partial charge on any atom is 0.164 e. The monoisotopic (exact) mass is 803 g/mol. The van der Waals surface area contributed by atoms with Crippen LogP contribution in [0.5, 0.6) is 0 Å². The third-order valence-corrected chi connectivity index (χ3v) is 12.0. The van der Waals surface area contributed by atoms with Crippen LogP contribution >= 0.6 is 0 Å². The molecule has 3 heterocycles. The Hall–Kier alpha value is -8.54. The second-order valence-electron chi connectivity index (χ2n) is 15.9. The van der Waals surface area contributed by atoms with E-state index in [4.69, 9.17) is 19.9 Å². The SMILES string of the molecule is c1ccc(-c2cccc(-c3nc(-c4ccc(-c5ccc6c(c5)c5cc(-c7ccccc7)ccc5c5nc7ccccn7c65)cc4)nc(-c4cccc(-c5ccccc5)c4)n3)c2)cc1. The normalized spacial score (nSPS) is 11.5. The highest BCUT2D eigenvalue weighted by Crippen LogP contribution is 2.40. The van der Waals surface area contributed by atoms with Gasteiger partial charge in [-0.1, -0.05) is 182 Å². The summed E-state index contributed by atoms with van der Waals surface area (Å²) in [6.45, 7) is 0. The number of benzene rings is 9. The summed E-state index contributed by atoms with van der Waals surface area (Å²) in [6.07, 6.45) is 2.11. The van der Waals surface area contributed by atoms with Gasteiger partial charge in [-0.2, -0.15) is 0 Å². The number of imidazole rings is 1. The number of hydrogen-bond acceptors (Lipinski definition) is 4. The van der Waals surface area contributed by atoms with E-state index < -0.39 is 0 Å². The van der Waals surface area contributed by atoms with E-state index in [9.17, 15) is 0 Å². The Labute approximate surface area is 364 Å². The van der Waals surface area contributed by atoms with Crippen LogP contribution in [-0.2, 0) is 0 Å². The lowest BCUT2D eigenvalue weighted by Crippen LogP contribution is -2.00. The van der Waals surface area contributed by atoms with Crippen molar-refractivity contribution in [3.05, 3.63) is 225 Å². The van der Waals surface area contributed by atoms with E-state index in [2.05, 4.69) is 211 Å². The molecule has 0 saturated carbocycles. The molecular formula is C58H37N5. The van der Waals surface area contributed by atoms with Crippen molar-refractivity contribution < 1.29 is 0 Å². The van der Waals surface area contributed by atoms with E-state index in [-0.39, 0.29) is 0 Å². The third-order valence-electron chi connectivity index (χ3n) is 12.0. The molecule has 0 spiro atoms. The van der Waals surface area contributed by atoms with E-state index >= 15 is 0 Å². The van der Waals surface area contributed by atoms with E-state index in [0.29, 0.717) is 17.5 Å². The molecule has 0 amide bonds. The highest BCUT2D eigenvalue weighted by molar-refractivity contribution is 6.25. The van der Waals surface area contributed by atoms with Gasteiger partial charge in [0, 0.05) is 33.7 Å². The highest BCUT2D eigenvalue weighted by Gasteiger charge is 2.18. The Morgan fingerprint density at radius 2 is 0.651 bits per heavy atom. The van der Waals surface area contributed by atoms with Gasteiger partial charge in [-0.15, -0.1) is 0 Å². The summed E-state index contributed by atoms with van der Waals surface area (Å²) in [5, 5.41) is 4.67. The van der Waals surface area contributed by atoms with Gasteiger partial charge in [-0.25, -0.2) is 19.9 Å². The molecule has 0 aliphatic carbocycles. The van der Waals surface area contributed by atoms with Crippen LogP contribution in [0.4, 0.5) is 0 Å². The first-order chi connectivity index (χ1) is 31.2. The molecule has 63 heavy (non-hydrogen) atoms. The first-order valence-electron chi connectivity index (χ1n) is 21.2. The zero-order valence-electron chi connectivity index (χ0n) is 34.1. The van der Waals surface area contributed by atoms with Gasteiger partial charge in [0.05, 0.1) is 11.0 Å². The smallest absolute Gasteiger partial charge is 0.164 e. The minimum atomic E-state index is 0.615. The first-order valence-corrected chi connectivity index (χ1v) is 21.2. The first kappa shape index (κ1) is 36.3. The van der Waals surface area contributed by atoms with Crippen molar-refractivity contribution in [2.75, 3.05) is 0 Å². The van der Waals surface area contributed by atoms with E-state index in [1.807, 2.05) is 18.2 Å². The topological polar surface area (TPSA) is 56.0 Å². The van der Waals surface area contributed by atoms with E-state index in [1.165, 1.54) is 27.3 Å². The molecule has 5 heteroatoms. The maximum atomic E-state index is 5.15. The molecule has 0 unspecified atom stereocenters. The molecule has 0 aliphatic rings. The Bertz CT molecular complexity index is 3550. The van der Waals surface area contributed by atoms with Crippen LogP contribution in [0.1, 0.15) is 0 Å². The fraction of sp³-hybridized carbons (Fsp3) is 0. The zero-order valence-corrected chi connectivity index (χ0v) is 34.1. The van der Waals surface area contributed by atoms with Crippen LogP contribution in [0.3, 0.4) is 0 Å². The standard InChI is InChI=1S/C58H37N5/c1-4-14-38(15-5-1)43-20-12-22-47(34-43)57-60-56(61-58(62-57)48-23-13-21-44(35-48)39-16-6-2-7-17-39)42-27-25-41(26-28-42)46-30-32-50-52(37-46)51-36-45(40-18-8-3-9-19-40)29-31-49(51)54-55(50)63-33-11-10-24-53(63)59-54/h1-37H. The zero-order chi connectivity index (χ0) is 41.7. The van der Waals surface area contributed by atoms with Crippen LogP contribution in [0.2, 0.25) is 0 Å². The molecule has 0 atom stereocenters. The fourth-order valence-corrected chi connectivity index (χ4v) is 8.89. The van der Waals surface area contributed by atoms with Crippen molar-refractivity contribution >= 4 is 38.2 Å². The molecule has 0 fully saturated rings. The lowest BCUT2D eigenvalue weighted by atomic mass is 9.93. The summed E-state index contributed by atoms with van der Waals surface area (Å²) >= 11 is 0. The second-order valence-corrected chi connectivity index (χ2v) is 15.9. The predicted octanol–water partition coefficient (Wildman–Crippen LogP) is 14.6. The van der Waals surface area contributed by atoms with Gasteiger partial charge in [0.2, 0.25) is 0 Å². The minimum absolute atomic E-state index is 0.615. The number of fused-ring (bicyclic) bond motifs is 8. The lowest BCUT2D eigenvalue weighted by molar-refractivity contribution is 1.07. The average molecular weight is 804 g/mol. The molecule has 0 bridgehead atoms. The van der Waals surface area contributed by atoms with Gasteiger partial charge in [0.1, 0.15) is 5.65 Å². The number of aromatic nitrogens is 5. The van der Waals surface area contributed by atoms with Gasteiger partial charge >= 0.3 is 0 Å². The number of hydrogen-bond donors (Lipinski definition) is 0. The average Bonchev–Trinajstić information content (AvgIpc) is 3.77.